The molecule has 0 unspecified atom stereocenters. The van der Waals surface area contributed by atoms with E-state index in [-0.39, 0.29) is 17.3 Å². The highest BCUT2D eigenvalue weighted by Gasteiger charge is 2.27. The van der Waals surface area contributed by atoms with E-state index in [4.69, 9.17) is 4.74 Å². The predicted octanol–water partition coefficient (Wildman–Crippen LogP) is 1.62. The summed E-state index contributed by atoms with van der Waals surface area (Å²) in [5.74, 6) is 0.0495. The first-order valence-corrected chi connectivity index (χ1v) is 11.6. The van der Waals surface area contributed by atoms with E-state index in [0.717, 1.165) is 16.7 Å². The van der Waals surface area contributed by atoms with Gasteiger partial charge in [0.05, 0.1) is 18.1 Å². The minimum Gasteiger partial charge on any atom is -0.379 e. The van der Waals surface area contributed by atoms with Crippen molar-refractivity contribution in [1.29, 1.82) is 0 Å². The highest BCUT2D eigenvalue weighted by atomic mass is 32.2. The fourth-order valence-corrected chi connectivity index (χ4v) is 4.83. The molecule has 1 aromatic heterocycles. The van der Waals surface area contributed by atoms with Crippen molar-refractivity contribution in [3.8, 4) is 11.4 Å². The van der Waals surface area contributed by atoms with E-state index in [1.54, 1.807) is 19.1 Å². The maximum atomic E-state index is 12.9. The first kappa shape index (κ1) is 22.1. The summed E-state index contributed by atoms with van der Waals surface area (Å²) in [7, 11) is -3.67. The van der Waals surface area contributed by atoms with Crippen LogP contribution in [0.15, 0.2) is 47.4 Å². The Morgan fingerprint density at radius 1 is 1.09 bits per heavy atom. The van der Waals surface area contributed by atoms with Crippen LogP contribution in [0.1, 0.15) is 11.1 Å². The van der Waals surface area contributed by atoms with Crippen molar-refractivity contribution < 1.29 is 17.9 Å². The van der Waals surface area contributed by atoms with Gasteiger partial charge in [0.15, 0.2) is 0 Å². The second-order valence-electron chi connectivity index (χ2n) is 7.50. The summed E-state index contributed by atoms with van der Waals surface area (Å²) in [6.45, 7) is 4.93. The molecule has 2 heterocycles. The Labute approximate surface area is 186 Å². The Morgan fingerprint density at radius 2 is 1.84 bits per heavy atom. The number of morpholine rings is 1. The van der Waals surface area contributed by atoms with Crippen molar-refractivity contribution in [1.82, 2.24) is 24.5 Å². The average molecular weight is 457 g/mol. The summed E-state index contributed by atoms with van der Waals surface area (Å²) in [6, 6.07) is 12.3. The number of carbonyl (C=O) groups is 1. The molecule has 3 aromatic rings. The number of tetrazole rings is 1. The fraction of sp³-hybridized carbons (Fsp3) is 0.333. The number of sulfonamides is 1. The van der Waals surface area contributed by atoms with Gasteiger partial charge in [0, 0.05) is 24.3 Å². The lowest BCUT2D eigenvalue weighted by molar-refractivity contribution is -0.117. The van der Waals surface area contributed by atoms with Crippen LogP contribution in [0.2, 0.25) is 0 Å². The molecular weight excluding hydrogens is 432 g/mol. The molecule has 10 nitrogen and oxygen atoms in total. The number of rotatable bonds is 6. The second-order valence-corrected chi connectivity index (χ2v) is 9.44. The molecule has 11 heteroatoms. The SMILES string of the molecule is Cc1ccc(S(=O)(=O)N2CCOCC2)cc1NC(=O)Cn1nnc(-c2ccccc2C)n1. The number of hydrogen-bond acceptors (Lipinski definition) is 7. The van der Waals surface area contributed by atoms with Crippen LogP contribution in [0.4, 0.5) is 5.69 Å². The molecule has 0 atom stereocenters. The zero-order chi connectivity index (χ0) is 22.7. The first-order valence-electron chi connectivity index (χ1n) is 10.2. The molecule has 1 fully saturated rings. The van der Waals surface area contributed by atoms with Crippen LogP contribution in [-0.4, -0.2) is 65.1 Å². The van der Waals surface area contributed by atoms with Crippen LogP contribution >= 0.6 is 0 Å². The molecule has 168 valence electrons. The van der Waals surface area contributed by atoms with Crippen molar-refractivity contribution in [2.24, 2.45) is 0 Å². The minimum atomic E-state index is -3.67. The maximum absolute atomic E-state index is 12.9. The number of anilines is 1. The molecule has 1 N–H and O–H groups in total. The Balaban J connectivity index is 1.48. The molecule has 32 heavy (non-hydrogen) atoms. The summed E-state index contributed by atoms with van der Waals surface area (Å²) < 4.78 is 32.5. The van der Waals surface area contributed by atoms with Gasteiger partial charge >= 0.3 is 0 Å². The zero-order valence-electron chi connectivity index (χ0n) is 17.9. The number of amides is 1. The smallest absolute Gasteiger partial charge is 0.248 e. The number of aryl methyl sites for hydroxylation is 2. The Hall–Kier alpha value is -3.15. The molecule has 1 amide bonds. The first-order chi connectivity index (χ1) is 15.3. The van der Waals surface area contributed by atoms with Gasteiger partial charge in [0.25, 0.3) is 0 Å². The Bertz CT molecular complexity index is 1230. The maximum Gasteiger partial charge on any atom is 0.248 e. The topological polar surface area (TPSA) is 119 Å². The van der Waals surface area contributed by atoms with E-state index < -0.39 is 10.0 Å². The third-order valence-corrected chi connectivity index (χ3v) is 7.11. The highest BCUT2D eigenvalue weighted by Crippen LogP contribution is 2.24. The number of ether oxygens (including phenoxy) is 1. The molecule has 0 saturated carbocycles. The second kappa shape index (κ2) is 9.15. The van der Waals surface area contributed by atoms with E-state index in [1.807, 2.05) is 31.2 Å². The van der Waals surface area contributed by atoms with Gasteiger partial charge in [-0.15, -0.1) is 10.2 Å². The lowest BCUT2D eigenvalue weighted by Crippen LogP contribution is -2.40. The van der Waals surface area contributed by atoms with Gasteiger partial charge in [0.1, 0.15) is 6.54 Å². The lowest BCUT2D eigenvalue weighted by atomic mass is 10.1. The van der Waals surface area contributed by atoms with Gasteiger partial charge in [-0.05, 0) is 42.3 Å². The van der Waals surface area contributed by atoms with E-state index >= 15 is 0 Å². The molecular formula is C21H24N6O4S. The molecule has 0 bridgehead atoms. The average Bonchev–Trinajstić information content (AvgIpc) is 3.24. The molecule has 0 radical (unpaired) electrons. The third-order valence-electron chi connectivity index (χ3n) is 5.21. The van der Waals surface area contributed by atoms with E-state index in [1.165, 1.54) is 15.2 Å². The number of carbonyl (C=O) groups excluding carboxylic acids is 1. The third kappa shape index (κ3) is 4.69. The Morgan fingerprint density at radius 3 is 2.59 bits per heavy atom. The summed E-state index contributed by atoms with van der Waals surface area (Å²) >= 11 is 0. The molecule has 0 aliphatic carbocycles. The van der Waals surface area contributed by atoms with E-state index in [9.17, 15) is 13.2 Å². The van der Waals surface area contributed by atoms with E-state index in [0.29, 0.717) is 37.8 Å². The van der Waals surface area contributed by atoms with Crippen LogP contribution in [0.5, 0.6) is 0 Å². The van der Waals surface area contributed by atoms with Crippen molar-refractivity contribution in [3.05, 3.63) is 53.6 Å². The number of aromatic nitrogens is 4. The number of hydrogen-bond donors (Lipinski definition) is 1. The molecule has 1 aliphatic rings. The van der Waals surface area contributed by atoms with Crippen LogP contribution in [0, 0.1) is 13.8 Å². The molecule has 1 aliphatic heterocycles. The Kier molecular flexibility index (Phi) is 6.31. The van der Waals surface area contributed by atoms with Crippen LogP contribution in [0.3, 0.4) is 0 Å². The summed E-state index contributed by atoms with van der Waals surface area (Å²) in [6.07, 6.45) is 0. The normalized spacial score (nSPS) is 14.9. The van der Waals surface area contributed by atoms with Gasteiger partial charge < -0.3 is 10.1 Å². The quantitative estimate of drug-likeness (QED) is 0.598. The van der Waals surface area contributed by atoms with Crippen molar-refractivity contribution in [2.75, 3.05) is 31.6 Å². The monoisotopic (exact) mass is 456 g/mol. The van der Waals surface area contributed by atoms with Gasteiger partial charge in [-0.2, -0.15) is 9.10 Å². The minimum absolute atomic E-state index is 0.126. The van der Waals surface area contributed by atoms with Crippen molar-refractivity contribution in [3.63, 3.8) is 0 Å². The largest absolute Gasteiger partial charge is 0.379 e. The number of nitrogens with one attached hydrogen (secondary N) is 1. The van der Waals surface area contributed by atoms with Crippen LogP contribution in [-0.2, 0) is 26.1 Å². The van der Waals surface area contributed by atoms with E-state index in [2.05, 4.69) is 20.7 Å². The number of nitrogens with zero attached hydrogens (tertiary/aromatic N) is 5. The number of benzene rings is 2. The van der Waals surface area contributed by atoms with Crippen LogP contribution < -0.4 is 5.32 Å². The van der Waals surface area contributed by atoms with Gasteiger partial charge in [-0.3, -0.25) is 4.79 Å². The summed E-state index contributed by atoms with van der Waals surface area (Å²) in [4.78, 5) is 13.9. The predicted molar refractivity (Wildman–Crippen MR) is 117 cm³/mol. The molecule has 2 aromatic carbocycles. The van der Waals surface area contributed by atoms with Crippen LogP contribution in [0.25, 0.3) is 11.4 Å². The van der Waals surface area contributed by atoms with Crippen molar-refractivity contribution >= 4 is 21.6 Å². The van der Waals surface area contributed by atoms with Gasteiger partial charge in [-0.25, -0.2) is 8.42 Å². The summed E-state index contributed by atoms with van der Waals surface area (Å²) in [5.41, 5.74) is 3.01. The summed E-state index contributed by atoms with van der Waals surface area (Å²) in [5, 5.41) is 15.0. The van der Waals surface area contributed by atoms with Gasteiger partial charge in [-0.1, -0.05) is 30.3 Å². The molecule has 4 rings (SSSR count). The fourth-order valence-electron chi connectivity index (χ4n) is 3.39. The highest BCUT2D eigenvalue weighted by molar-refractivity contribution is 7.89. The van der Waals surface area contributed by atoms with Crippen molar-refractivity contribution in [2.45, 2.75) is 25.3 Å². The molecule has 1 saturated heterocycles. The standard InChI is InChI=1S/C21H24N6O4S/c1-15-5-3-4-6-18(15)21-23-25-27(24-21)14-20(28)22-19-13-17(8-7-16(19)2)32(29,30)26-9-11-31-12-10-26/h3-8,13H,9-12,14H2,1-2H3,(H,22,28). The zero-order valence-corrected chi connectivity index (χ0v) is 18.7. The van der Waals surface area contributed by atoms with Gasteiger partial charge in [0.2, 0.25) is 21.8 Å². The lowest BCUT2D eigenvalue weighted by Gasteiger charge is -2.26. The molecule has 0 spiro atoms.